The number of hydrogen-bond acceptors (Lipinski definition) is 3. The molecular formula is C33H28ClFN2O. The zero-order valence-electron chi connectivity index (χ0n) is 21.1. The molecule has 190 valence electrons. The predicted molar refractivity (Wildman–Crippen MR) is 153 cm³/mol. The first kappa shape index (κ1) is 24.4. The molecule has 4 aromatic carbocycles. The number of aryl methyl sites for hydroxylation is 1. The first-order valence-corrected chi connectivity index (χ1v) is 13.3. The Morgan fingerprint density at radius 2 is 1.89 bits per heavy atom. The number of ether oxygens (including phenoxy) is 1. The first-order chi connectivity index (χ1) is 18.5. The van der Waals surface area contributed by atoms with E-state index in [1.165, 1.54) is 34.5 Å². The maximum absolute atomic E-state index is 13.4. The Bertz CT molecular complexity index is 1530. The molecule has 0 aromatic heterocycles. The van der Waals surface area contributed by atoms with Crippen LogP contribution in [0.25, 0.3) is 0 Å². The Balaban J connectivity index is 1.13. The van der Waals surface area contributed by atoms with E-state index in [0.717, 1.165) is 23.2 Å². The molecule has 1 aliphatic heterocycles. The normalized spacial score (nSPS) is 19.7. The van der Waals surface area contributed by atoms with Crippen LogP contribution in [0.2, 0.25) is 5.02 Å². The number of benzene rings is 4. The van der Waals surface area contributed by atoms with Crippen molar-refractivity contribution >= 4 is 29.2 Å². The lowest BCUT2D eigenvalue weighted by molar-refractivity contribution is 0.306. The zero-order valence-corrected chi connectivity index (χ0v) is 21.8. The van der Waals surface area contributed by atoms with Crippen molar-refractivity contribution in [3.05, 3.63) is 136 Å². The number of anilines is 1. The highest BCUT2D eigenvalue weighted by Crippen LogP contribution is 2.50. The molecule has 0 bridgehead atoms. The fraction of sp³-hybridized carbons (Fsp3) is 0.182. The van der Waals surface area contributed by atoms with Gasteiger partial charge in [0.15, 0.2) is 0 Å². The van der Waals surface area contributed by atoms with Crippen LogP contribution in [0.1, 0.15) is 46.2 Å². The molecule has 1 heterocycles. The third kappa shape index (κ3) is 5.09. The second-order valence-corrected chi connectivity index (χ2v) is 10.4. The van der Waals surface area contributed by atoms with Gasteiger partial charge in [0, 0.05) is 17.8 Å². The average molecular weight is 523 g/mol. The molecule has 0 spiro atoms. The van der Waals surface area contributed by atoms with E-state index in [-0.39, 0.29) is 18.5 Å². The van der Waals surface area contributed by atoms with Crippen LogP contribution < -0.4 is 10.1 Å². The lowest BCUT2D eigenvalue weighted by Gasteiger charge is -2.37. The summed E-state index contributed by atoms with van der Waals surface area (Å²) in [5.41, 5.74) is 7.72. The number of nitrogens with zero attached hydrogens (tertiary/aromatic N) is 1. The quantitative estimate of drug-likeness (QED) is 0.202. The van der Waals surface area contributed by atoms with Gasteiger partial charge in [-0.2, -0.15) is 0 Å². The van der Waals surface area contributed by atoms with E-state index in [0.29, 0.717) is 22.6 Å². The van der Waals surface area contributed by atoms with Gasteiger partial charge >= 0.3 is 0 Å². The monoisotopic (exact) mass is 522 g/mol. The fourth-order valence-electron chi connectivity index (χ4n) is 5.46. The van der Waals surface area contributed by atoms with E-state index >= 15 is 0 Å². The molecule has 4 aromatic rings. The van der Waals surface area contributed by atoms with Gasteiger partial charge in [-0.1, -0.05) is 65.7 Å². The molecule has 0 saturated carbocycles. The summed E-state index contributed by atoms with van der Waals surface area (Å²) in [5, 5.41) is 4.29. The molecule has 38 heavy (non-hydrogen) atoms. The maximum atomic E-state index is 13.4. The Hall–Kier alpha value is -3.89. The Morgan fingerprint density at radius 1 is 1.03 bits per heavy atom. The van der Waals surface area contributed by atoms with Gasteiger partial charge in [-0.3, -0.25) is 4.99 Å². The highest BCUT2D eigenvalue weighted by molar-refractivity contribution is 6.32. The van der Waals surface area contributed by atoms with Crippen LogP contribution in [-0.2, 0) is 6.61 Å². The van der Waals surface area contributed by atoms with E-state index in [1.54, 1.807) is 12.3 Å². The fourth-order valence-corrected chi connectivity index (χ4v) is 5.71. The number of halogens is 2. The SMILES string of the molecule is Cc1ccc2c(c1)[C@@H]1C=CC[C@H]1[C@@H](c1ccc(N=Cc3ccc(OCc4cccc(F)c4)c(Cl)c3)cc1)N2. The van der Waals surface area contributed by atoms with Crippen molar-refractivity contribution in [1.29, 1.82) is 0 Å². The molecule has 0 unspecified atom stereocenters. The average Bonchev–Trinajstić information content (AvgIpc) is 3.42. The lowest BCUT2D eigenvalue weighted by Crippen LogP contribution is -2.29. The summed E-state index contributed by atoms with van der Waals surface area (Å²) in [5.74, 6) is 1.24. The molecule has 3 nitrogen and oxygen atoms in total. The molecule has 5 heteroatoms. The minimum absolute atomic E-state index is 0.246. The molecule has 1 aliphatic carbocycles. The van der Waals surface area contributed by atoms with Gasteiger partial charge in [0.25, 0.3) is 0 Å². The van der Waals surface area contributed by atoms with Crippen LogP contribution in [0.5, 0.6) is 5.75 Å². The van der Waals surface area contributed by atoms with Crippen molar-refractivity contribution in [2.75, 3.05) is 5.32 Å². The Morgan fingerprint density at radius 3 is 2.71 bits per heavy atom. The number of rotatable bonds is 6. The summed E-state index contributed by atoms with van der Waals surface area (Å²) in [6.07, 6.45) is 7.57. The van der Waals surface area contributed by atoms with Crippen molar-refractivity contribution in [2.24, 2.45) is 10.9 Å². The molecule has 0 fully saturated rings. The van der Waals surface area contributed by atoms with Crippen molar-refractivity contribution in [3.63, 3.8) is 0 Å². The van der Waals surface area contributed by atoms with Gasteiger partial charge in [0.05, 0.1) is 16.8 Å². The van der Waals surface area contributed by atoms with Crippen molar-refractivity contribution in [1.82, 2.24) is 0 Å². The van der Waals surface area contributed by atoms with E-state index in [9.17, 15) is 4.39 Å². The molecule has 0 saturated heterocycles. The highest BCUT2D eigenvalue weighted by atomic mass is 35.5. The standard InChI is InChI=1S/C33H28ClFN2O/c1-21-8-14-31-29(16-21)27-6-3-7-28(27)33(37-31)24-10-12-26(13-11-24)36-19-22-9-15-32(30(34)18-22)38-20-23-4-2-5-25(35)17-23/h2-6,8-19,27-28,33,37H,7,20H2,1H3/t27-,28-,33-/m1/s1. The van der Waals surface area contributed by atoms with E-state index in [2.05, 4.69) is 71.8 Å². The van der Waals surface area contributed by atoms with Gasteiger partial charge in [0.2, 0.25) is 0 Å². The Kier molecular flexibility index (Phi) is 6.73. The smallest absolute Gasteiger partial charge is 0.138 e. The summed E-state index contributed by atoms with van der Waals surface area (Å²) in [6.45, 7) is 2.40. The van der Waals surface area contributed by atoms with E-state index in [4.69, 9.17) is 16.3 Å². The number of allylic oxidation sites excluding steroid dienone is 2. The van der Waals surface area contributed by atoms with Gasteiger partial charge < -0.3 is 10.1 Å². The van der Waals surface area contributed by atoms with Gasteiger partial charge in [-0.25, -0.2) is 4.39 Å². The van der Waals surface area contributed by atoms with Gasteiger partial charge in [0.1, 0.15) is 18.2 Å². The van der Waals surface area contributed by atoms with Gasteiger partial charge in [-0.05, 0) is 90.0 Å². The van der Waals surface area contributed by atoms with Crippen LogP contribution in [-0.4, -0.2) is 6.21 Å². The number of fused-ring (bicyclic) bond motifs is 3. The third-order valence-electron chi connectivity index (χ3n) is 7.37. The molecule has 3 atom stereocenters. The lowest BCUT2D eigenvalue weighted by atomic mass is 9.76. The first-order valence-electron chi connectivity index (χ1n) is 12.9. The summed E-state index contributed by atoms with van der Waals surface area (Å²) in [4.78, 5) is 4.65. The molecule has 6 rings (SSSR count). The minimum Gasteiger partial charge on any atom is -0.487 e. The van der Waals surface area contributed by atoms with Crippen molar-refractivity contribution in [2.45, 2.75) is 31.9 Å². The Labute approximate surface area is 227 Å². The van der Waals surface area contributed by atoms with Crippen LogP contribution in [0.4, 0.5) is 15.8 Å². The van der Waals surface area contributed by atoms with Crippen LogP contribution in [0.3, 0.4) is 0 Å². The number of nitrogens with one attached hydrogen (secondary N) is 1. The largest absolute Gasteiger partial charge is 0.487 e. The van der Waals surface area contributed by atoms with E-state index < -0.39 is 0 Å². The topological polar surface area (TPSA) is 33.6 Å². The van der Waals surface area contributed by atoms with Crippen molar-refractivity contribution in [3.8, 4) is 5.75 Å². The minimum atomic E-state index is -0.285. The van der Waals surface area contributed by atoms with E-state index in [1.807, 2.05) is 24.3 Å². The number of aliphatic imine (C=N–C) groups is 1. The number of hydrogen-bond donors (Lipinski definition) is 1. The molecule has 1 N–H and O–H groups in total. The predicted octanol–water partition coefficient (Wildman–Crippen LogP) is 8.94. The zero-order chi connectivity index (χ0) is 26.1. The van der Waals surface area contributed by atoms with Crippen LogP contribution in [0.15, 0.2) is 102 Å². The molecular weight excluding hydrogens is 495 g/mol. The molecule has 0 radical (unpaired) electrons. The van der Waals surface area contributed by atoms with Crippen LogP contribution in [0, 0.1) is 18.7 Å². The molecule has 2 aliphatic rings. The highest BCUT2D eigenvalue weighted by Gasteiger charge is 2.37. The summed E-state index contributed by atoms with van der Waals surface area (Å²) >= 11 is 6.43. The van der Waals surface area contributed by atoms with Crippen LogP contribution >= 0.6 is 11.6 Å². The second kappa shape index (κ2) is 10.5. The second-order valence-electron chi connectivity index (χ2n) is 10.0. The summed E-state index contributed by atoms with van der Waals surface area (Å²) in [6, 6.07) is 27.3. The summed E-state index contributed by atoms with van der Waals surface area (Å²) in [7, 11) is 0. The van der Waals surface area contributed by atoms with Gasteiger partial charge in [-0.15, -0.1) is 0 Å². The van der Waals surface area contributed by atoms with Crippen molar-refractivity contribution < 1.29 is 9.13 Å². The summed E-state index contributed by atoms with van der Waals surface area (Å²) < 4.78 is 19.2. The maximum Gasteiger partial charge on any atom is 0.138 e. The molecule has 0 amide bonds. The third-order valence-corrected chi connectivity index (χ3v) is 7.67.